The predicted molar refractivity (Wildman–Crippen MR) is 38.0 cm³/mol. The van der Waals surface area contributed by atoms with Crippen LogP contribution in [0.1, 0.15) is 23.1 Å². The minimum Gasteiger partial charge on any atom is -0.273 e. The quantitative estimate of drug-likeness (QED) is 0.539. The third-order valence-corrected chi connectivity index (χ3v) is 1.31. The van der Waals surface area contributed by atoms with Crippen LogP contribution in [0.5, 0.6) is 0 Å². The van der Waals surface area contributed by atoms with Crippen LogP contribution in [-0.2, 0) is 0 Å². The number of rotatable bonds is 0. The lowest BCUT2D eigenvalue weighted by Crippen LogP contribution is -2.08. The topological polar surface area (TPSA) is 34.9 Å². The van der Waals surface area contributed by atoms with Gasteiger partial charge in [0.25, 0.3) is 0 Å². The number of carbonyl (C=O) groups excluding carboxylic acids is 1. The molecule has 0 aliphatic rings. The summed E-state index contributed by atoms with van der Waals surface area (Å²) in [6.45, 7) is 5.23. The van der Waals surface area contributed by atoms with Gasteiger partial charge in [0.1, 0.15) is 0 Å². The summed E-state index contributed by atoms with van der Waals surface area (Å²) in [7, 11) is 0. The van der Waals surface area contributed by atoms with Gasteiger partial charge in [0.15, 0.2) is 0 Å². The number of aromatic nitrogens is 2. The molecule has 0 saturated heterocycles. The van der Waals surface area contributed by atoms with Crippen molar-refractivity contribution in [3.8, 4) is 0 Å². The molecular formula is C7H10N2O. The van der Waals surface area contributed by atoms with Crippen molar-refractivity contribution in [3.63, 3.8) is 0 Å². The highest BCUT2D eigenvalue weighted by atomic mass is 16.2. The van der Waals surface area contributed by atoms with Gasteiger partial charge in [-0.05, 0) is 19.9 Å². The number of carbonyl (C=O) groups is 1. The number of hydrogen-bond donors (Lipinski definition) is 0. The average Bonchev–Trinajstić information content (AvgIpc) is 2.10. The van der Waals surface area contributed by atoms with E-state index >= 15 is 0 Å². The Balaban J connectivity index is 3.15. The summed E-state index contributed by atoms with van der Waals surface area (Å²) in [6.07, 6.45) is 0. The van der Waals surface area contributed by atoms with Gasteiger partial charge in [-0.25, -0.2) is 4.68 Å². The normalized spacial score (nSPS) is 9.90. The van der Waals surface area contributed by atoms with E-state index in [1.165, 1.54) is 11.6 Å². The Labute approximate surface area is 59.7 Å². The SMILES string of the molecule is CC(=O)n1nc(C)cc1C. The first kappa shape index (κ1) is 6.99. The molecule has 1 aromatic heterocycles. The molecule has 0 atom stereocenters. The largest absolute Gasteiger partial charge is 0.273 e. The van der Waals surface area contributed by atoms with Gasteiger partial charge >= 0.3 is 0 Å². The summed E-state index contributed by atoms with van der Waals surface area (Å²) in [5, 5.41) is 3.98. The van der Waals surface area contributed by atoms with E-state index in [1.54, 1.807) is 0 Å². The van der Waals surface area contributed by atoms with Crippen LogP contribution in [0.4, 0.5) is 0 Å². The van der Waals surface area contributed by atoms with Gasteiger partial charge in [0, 0.05) is 12.6 Å². The molecule has 54 valence electrons. The average molecular weight is 138 g/mol. The van der Waals surface area contributed by atoms with E-state index < -0.39 is 0 Å². The number of nitrogens with zero attached hydrogens (tertiary/aromatic N) is 2. The van der Waals surface area contributed by atoms with Gasteiger partial charge in [0.05, 0.1) is 5.69 Å². The number of hydrogen-bond acceptors (Lipinski definition) is 2. The summed E-state index contributed by atoms with van der Waals surface area (Å²) in [5.74, 6) is -0.0365. The monoisotopic (exact) mass is 138 g/mol. The molecular weight excluding hydrogens is 128 g/mol. The summed E-state index contributed by atoms with van der Waals surface area (Å²) in [4.78, 5) is 10.8. The molecule has 1 aromatic rings. The van der Waals surface area contributed by atoms with E-state index in [0.29, 0.717) is 0 Å². The molecule has 0 radical (unpaired) electrons. The van der Waals surface area contributed by atoms with Gasteiger partial charge in [-0.1, -0.05) is 0 Å². The zero-order chi connectivity index (χ0) is 7.72. The third-order valence-electron chi connectivity index (χ3n) is 1.31. The lowest BCUT2D eigenvalue weighted by atomic mass is 10.4. The van der Waals surface area contributed by atoms with Crippen LogP contribution < -0.4 is 0 Å². The van der Waals surface area contributed by atoms with Gasteiger partial charge in [-0.2, -0.15) is 5.10 Å². The molecule has 0 N–H and O–H groups in total. The molecule has 1 rings (SSSR count). The Kier molecular flexibility index (Phi) is 1.57. The summed E-state index contributed by atoms with van der Waals surface area (Å²) < 4.78 is 1.40. The molecule has 1 heterocycles. The third kappa shape index (κ3) is 1.07. The molecule has 3 nitrogen and oxygen atoms in total. The maximum Gasteiger partial charge on any atom is 0.243 e. The Morgan fingerprint density at radius 1 is 1.60 bits per heavy atom. The Morgan fingerprint density at radius 3 is 2.40 bits per heavy atom. The minimum atomic E-state index is -0.0365. The first-order valence-electron chi connectivity index (χ1n) is 3.15. The molecule has 0 aromatic carbocycles. The van der Waals surface area contributed by atoms with Gasteiger partial charge in [-0.15, -0.1) is 0 Å². The highest BCUT2D eigenvalue weighted by Crippen LogP contribution is 2.00. The lowest BCUT2D eigenvalue weighted by molar-refractivity contribution is 0.0918. The summed E-state index contributed by atoms with van der Waals surface area (Å²) >= 11 is 0. The smallest absolute Gasteiger partial charge is 0.243 e. The van der Waals surface area contributed by atoms with Crippen molar-refractivity contribution in [1.29, 1.82) is 0 Å². The van der Waals surface area contributed by atoms with E-state index in [9.17, 15) is 4.79 Å². The lowest BCUT2D eigenvalue weighted by Gasteiger charge is -1.94. The first-order chi connectivity index (χ1) is 4.61. The van der Waals surface area contributed by atoms with Gasteiger partial charge in [-0.3, -0.25) is 4.79 Å². The standard InChI is InChI=1S/C7H10N2O/c1-5-4-6(2)9(8-5)7(3)10/h4H,1-3H3. The second kappa shape index (κ2) is 2.25. The van der Waals surface area contributed by atoms with Crippen molar-refractivity contribution in [2.45, 2.75) is 20.8 Å². The summed E-state index contributed by atoms with van der Waals surface area (Å²) in [5.41, 5.74) is 1.78. The number of aryl methyl sites for hydroxylation is 2. The molecule has 3 heteroatoms. The highest BCUT2D eigenvalue weighted by molar-refractivity contribution is 5.75. The fourth-order valence-corrected chi connectivity index (χ4v) is 0.948. The maximum absolute atomic E-state index is 10.8. The fourth-order valence-electron chi connectivity index (χ4n) is 0.948. The first-order valence-corrected chi connectivity index (χ1v) is 3.15. The second-order valence-electron chi connectivity index (χ2n) is 2.36. The van der Waals surface area contributed by atoms with E-state index in [4.69, 9.17) is 0 Å². The van der Waals surface area contributed by atoms with Crippen molar-refractivity contribution in [2.75, 3.05) is 0 Å². The molecule has 0 fully saturated rings. The van der Waals surface area contributed by atoms with E-state index in [2.05, 4.69) is 5.10 Å². The van der Waals surface area contributed by atoms with Crippen LogP contribution in [0.25, 0.3) is 0 Å². The van der Waals surface area contributed by atoms with Crippen LogP contribution in [0.15, 0.2) is 6.07 Å². The molecule has 10 heavy (non-hydrogen) atoms. The van der Waals surface area contributed by atoms with Crippen LogP contribution in [0, 0.1) is 13.8 Å². The van der Waals surface area contributed by atoms with Crippen molar-refractivity contribution in [3.05, 3.63) is 17.5 Å². The van der Waals surface area contributed by atoms with Gasteiger partial charge < -0.3 is 0 Å². The van der Waals surface area contributed by atoms with Crippen LogP contribution >= 0.6 is 0 Å². The van der Waals surface area contributed by atoms with Crippen molar-refractivity contribution < 1.29 is 4.79 Å². The van der Waals surface area contributed by atoms with E-state index in [-0.39, 0.29) is 5.91 Å². The molecule has 0 bridgehead atoms. The molecule has 0 unspecified atom stereocenters. The van der Waals surface area contributed by atoms with Crippen LogP contribution in [0.2, 0.25) is 0 Å². The summed E-state index contributed by atoms with van der Waals surface area (Å²) in [6, 6.07) is 1.88. The van der Waals surface area contributed by atoms with Crippen molar-refractivity contribution >= 4 is 5.91 Å². The molecule has 0 aliphatic carbocycles. The van der Waals surface area contributed by atoms with Crippen molar-refractivity contribution in [1.82, 2.24) is 9.78 Å². The van der Waals surface area contributed by atoms with E-state index in [1.807, 2.05) is 19.9 Å². The zero-order valence-corrected chi connectivity index (χ0v) is 6.38. The molecule has 0 aliphatic heterocycles. The fraction of sp³-hybridized carbons (Fsp3) is 0.429. The van der Waals surface area contributed by atoms with E-state index in [0.717, 1.165) is 11.4 Å². The Bertz CT molecular complexity index is 263. The second-order valence-corrected chi connectivity index (χ2v) is 2.36. The van der Waals surface area contributed by atoms with Gasteiger partial charge in [0.2, 0.25) is 5.91 Å². The molecule has 0 amide bonds. The Morgan fingerprint density at radius 2 is 2.20 bits per heavy atom. The molecule has 0 spiro atoms. The van der Waals surface area contributed by atoms with Crippen LogP contribution in [-0.4, -0.2) is 15.7 Å². The Hall–Kier alpha value is -1.12. The zero-order valence-electron chi connectivity index (χ0n) is 6.38. The predicted octanol–water partition coefficient (Wildman–Crippen LogP) is 1.16. The maximum atomic E-state index is 10.8. The highest BCUT2D eigenvalue weighted by Gasteiger charge is 2.02. The van der Waals surface area contributed by atoms with Crippen molar-refractivity contribution in [2.24, 2.45) is 0 Å². The minimum absolute atomic E-state index is 0.0365. The molecule has 0 saturated carbocycles. The van der Waals surface area contributed by atoms with Crippen LogP contribution in [0.3, 0.4) is 0 Å².